The molecule has 2 aliphatic rings. The van der Waals surface area contributed by atoms with Crippen LogP contribution >= 0.6 is 15.9 Å². The molecule has 0 radical (unpaired) electrons. The Morgan fingerprint density at radius 3 is 2.68 bits per heavy atom. The van der Waals surface area contributed by atoms with E-state index in [1.807, 2.05) is 17.0 Å². The van der Waals surface area contributed by atoms with Crippen LogP contribution in [0.3, 0.4) is 0 Å². The second kappa shape index (κ2) is 7.89. The van der Waals surface area contributed by atoms with Gasteiger partial charge in [0, 0.05) is 42.3 Å². The van der Waals surface area contributed by atoms with Crippen LogP contribution in [0.4, 0.5) is 11.4 Å². The normalized spacial score (nSPS) is 16.6. The maximum atomic E-state index is 12.7. The van der Waals surface area contributed by atoms with Crippen LogP contribution in [-0.2, 0) is 17.7 Å². The number of carbonyl (C=O) groups is 1. The smallest absolute Gasteiger partial charge is 0.293 e. The number of benzene rings is 2. The molecule has 0 spiro atoms. The van der Waals surface area contributed by atoms with E-state index in [0.717, 1.165) is 16.5 Å². The van der Waals surface area contributed by atoms with E-state index in [1.165, 1.54) is 11.6 Å². The standard InChI is InChI=1S/C20H20BrN3O4/c21-17-3-1-2-14-6-7-23(13-16(14)17)18-5-4-15(12-19(18)24(26)27)20(25)22-8-10-28-11-9-22/h1-5,12H,6-11,13H2. The summed E-state index contributed by atoms with van der Waals surface area (Å²) in [5.41, 5.74) is 3.26. The Balaban J connectivity index is 1.64. The van der Waals surface area contributed by atoms with Gasteiger partial charge in [0.25, 0.3) is 11.6 Å². The Hall–Kier alpha value is -2.45. The maximum absolute atomic E-state index is 12.7. The quantitative estimate of drug-likeness (QED) is 0.534. The topological polar surface area (TPSA) is 75.9 Å². The Kier molecular flexibility index (Phi) is 5.32. The molecular formula is C20H20BrN3O4. The Morgan fingerprint density at radius 1 is 1.14 bits per heavy atom. The lowest BCUT2D eigenvalue weighted by molar-refractivity contribution is -0.384. The number of anilines is 1. The first-order valence-electron chi connectivity index (χ1n) is 9.21. The molecule has 28 heavy (non-hydrogen) atoms. The number of hydrogen-bond acceptors (Lipinski definition) is 5. The zero-order valence-corrected chi connectivity index (χ0v) is 16.9. The molecule has 0 aromatic heterocycles. The summed E-state index contributed by atoms with van der Waals surface area (Å²) in [7, 11) is 0. The number of fused-ring (bicyclic) bond motifs is 1. The van der Waals surface area contributed by atoms with Gasteiger partial charge in [-0.2, -0.15) is 0 Å². The molecule has 0 atom stereocenters. The van der Waals surface area contributed by atoms with Gasteiger partial charge in [-0.1, -0.05) is 28.1 Å². The molecule has 0 bridgehead atoms. The highest BCUT2D eigenvalue weighted by Gasteiger charge is 2.27. The van der Waals surface area contributed by atoms with Crippen molar-refractivity contribution in [1.29, 1.82) is 0 Å². The fourth-order valence-electron chi connectivity index (χ4n) is 3.76. The molecule has 4 rings (SSSR count). The number of morpholine rings is 1. The van der Waals surface area contributed by atoms with Gasteiger partial charge in [-0.15, -0.1) is 0 Å². The van der Waals surface area contributed by atoms with Gasteiger partial charge in [-0.25, -0.2) is 0 Å². The summed E-state index contributed by atoms with van der Waals surface area (Å²) < 4.78 is 6.28. The molecule has 1 amide bonds. The first-order chi connectivity index (χ1) is 13.5. The summed E-state index contributed by atoms with van der Waals surface area (Å²) >= 11 is 3.58. The Labute approximate surface area is 171 Å². The summed E-state index contributed by atoms with van der Waals surface area (Å²) in [6, 6.07) is 10.9. The summed E-state index contributed by atoms with van der Waals surface area (Å²) in [4.78, 5) is 27.7. The zero-order chi connectivity index (χ0) is 19.7. The molecule has 2 aliphatic heterocycles. The molecule has 0 unspecified atom stereocenters. The maximum Gasteiger partial charge on any atom is 0.293 e. The van der Waals surface area contributed by atoms with E-state index in [9.17, 15) is 14.9 Å². The van der Waals surface area contributed by atoms with E-state index < -0.39 is 4.92 Å². The number of halogens is 1. The van der Waals surface area contributed by atoms with E-state index in [1.54, 1.807) is 17.0 Å². The number of nitrogens with zero attached hydrogens (tertiary/aromatic N) is 3. The van der Waals surface area contributed by atoms with E-state index >= 15 is 0 Å². The van der Waals surface area contributed by atoms with Crippen LogP contribution in [0.2, 0.25) is 0 Å². The fraction of sp³-hybridized carbons (Fsp3) is 0.350. The molecule has 1 fully saturated rings. The minimum absolute atomic E-state index is 0.0328. The number of hydrogen-bond donors (Lipinski definition) is 0. The molecule has 2 heterocycles. The number of nitro benzene ring substituents is 1. The number of nitro groups is 1. The van der Waals surface area contributed by atoms with Gasteiger partial charge in [-0.05, 0) is 35.7 Å². The van der Waals surface area contributed by atoms with Crippen LogP contribution in [0.25, 0.3) is 0 Å². The van der Waals surface area contributed by atoms with Crippen molar-refractivity contribution in [3.8, 4) is 0 Å². The lowest BCUT2D eigenvalue weighted by Crippen LogP contribution is -2.40. The fourth-order valence-corrected chi connectivity index (χ4v) is 4.30. The van der Waals surface area contributed by atoms with E-state index in [0.29, 0.717) is 50.6 Å². The van der Waals surface area contributed by atoms with Crippen molar-refractivity contribution in [3.05, 3.63) is 67.7 Å². The van der Waals surface area contributed by atoms with Gasteiger partial charge in [0.1, 0.15) is 5.69 Å². The molecule has 8 heteroatoms. The average molecular weight is 446 g/mol. The second-order valence-electron chi connectivity index (χ2n) is 6.91. The number of ether oxygens (including phenoxy) is 1. The number of amides is 1. The monoisotopic (exact) mass is 445 g/mol. The van der Waals surface area contributed by atoms with Crippen molar-refractivity contribution < 1.29 is 14.5 Å². The van der Waals surface area contributed by atoms with Gasteiger partial charge in [0.2, 0.25) is 0 Å². The first kappa shape index (κ1) is 18.9. The minimum Gasteiger partial charge on any atom is -0.378 e. The number of carbonyl (C=O) groups excluding carboxylic acids is 1. The van der Waals surface area contributed by atoms with Gasteiger partial charge in [-0.3, -0.25) is 14.9 Å². The third kappa shape index (κ3) is 3.62. The van der Waals surface area contributed by atoms with Gasteiger partial charge in [0.15, 0.2) is 0 Å². The zero-order valence-electron chi connectivity index (χ0n) is 15.3. The lowest BCUT2D eigenvalue weighted by Gasteiger charge is -2.31. The van der Waals surface area contributed by atoms with Crippen LogP contribution in [0.1, 0.15) is 21.5 Å². The van der Waals surface area contributed by atoms with Crippen molar-refractivity contribution in [2.45, 2.75) is 13.0 Å². The van der Waals surface area contributed by atoms with Crippen LogP contribution < -0.4 is 4.90 Å². The molecule has 0 saturated carbocycles. The molecular weight excluding hydrogens is 426 g/mol. The van der Waals surface area contributed by atoms with Crippen molar-refractivity contribution in [2.24, 2.45) is 0 Å². The van der Waals surface area contributed by atoms with E-state index in [-0.39, 0.29) is 11.6 Å². The highest BCUT2D eigenvalue weighted by molar-refractivity contribution is 9.10. The van der Waals surface area contributed by atoms with Crippen molar-refractivity contribution in [3.63, 3.8) is 0 Å². The van der Waals surface area contributed by atoms with Crippen LogP contribution in [-0.4, -0.2) is 48.6 Å². The van der Waals surface area contributed by atoms with Crippen LogP contribution in [0.15, 0.2) is 40.9 Å². The molecule has 7 nitrogen and oxygen atoms in total. The molecule has 1 saturated heterocycles. The molecule has 146 valence electrons. The van der Waals surface area contributed by atoms with Crippen LogP contribution in [0.5, 0.6) is 0 Å². The first-order valence-corrected chi connectivity index (χ1v) is 10.0. The third-order valence-corrected chi connectivity index (χ3v) is 6.02. The highest BCUT2D eigenvalue weighted by atomic mass is 79.9. The average Bonchev–Trinajstić information content (AvgIpc) is 2.73. The van der Waals surface area contributed by atoms with Gasteiger partial charge in [0.05, 0.1) is 18.1 Å². The summed E-state index contributed by atoms with van der Waals surface area (Å²) in [6.07, 6.45) is 0.820. The Morgan fingerprint density at radius 2 is 1.93 bits per heavy atom. The van der Waals surface area contributed by atoms with Crippen molar-refractivity contribution in [1.82, 2.24) is 4.90 Å². The van der Waals surface area contributed by atoms with E-state index in [4.69, 9.17) is 4.74 Å². The van der Waals surface area contributed by atoms with Gasteiger partial charge >= 0.3 is 0 Å². The largest absolute Gasteiger partial charge is 0.378 e. The van der Waals surface area contributed by atoms with E-state index in [2.05, 4.69) is 22.0 Å². The molecule has 0 aliphatic carbocycles. The molecule has 2 aromatic rings. The highest BCUT2D eigenvalue weighted by Crippen LogP contribution is 2.35. The lowest BCUT2D eigenvalue weighted by atomic mass is 9.99. The van der Waals surface area contributed by atoms with Gasteiger partial charge < -0.3 is 14.5 Å². The summed E-state index contributed by atoms with van der Waals surface area (Å²) in [6.45, 7) is 3.29. The predicted molar refractivity (Wildman–Crippen MR) is 109 cm³/mol. The minimum atomic E-state index is -0.402. The predicted octanol–water partition coefficient (Wildman–Crippen LogP) is 3.39. The van der Waals surface area contributed by atoms with Crippen molar-refractivity contribution >= 4 is 33.2 Å². The summed E-state index contributed by atoms with van der Waals surface area (Å²) in [5, 5.41) is 11.8. The molecule has 2 aromatic carbocycles. The molecule has 0 N–H and O–H groups in total. The number of rotatable bonds is 3. The second-order valence-corrected chi connectivity index (χ2v) is 7.77. The third-order valence-electron chi connectivity index (χ3n) is 5.27. The SMILES string of the molecule is O=C(c1ccc(N2CCc3cccc(Br)c3C2)c([N+](=O)[O-])c1)N1CCOCC1. The summed E-state index contributed by atoms with van der Waals surface area (Å²) in [5.74, 6) is -0.190. The van der Waals surface area contributed by atoms with Crippen LogP contribution in [0, 0.1) is 10.1 Å². The van der Waals surface area contributed by atoms with Crippen molar-refractivity contribution in [2.75, 3.05) is 37.7 Å². The Bertz CT molecular complexity index is 928.